The Balaban J connectivity index is 0.000000275. The van der Waals surface area contributed by atoms with Crippen LogP contribution >= 0.6 is 56.6 Å². The zero-order valence-electron chi connectivity index (χ0n) is 19.4. The van der Waals surface area contributed by atoms with Gasteiger partial charge in [0.15, 0.2) is 17.4 Å². The molecule has 0 fully saturated rings. The van der Waals surface area contributed by atoms with Gasteiger partial charge in [-0.3, -0.25) is 4.90 Å². The van der Waals surface area contributed by atoms with Crippen molar-refractivity contribution in [3.63, 3.8) is 0 Å². The van der Waals surface area contributed by atoms with E-state index in [1.165, 1.54) is 18.0 Å². The maximum atomic E-state index is 12.7. The van der Waals surface area contributed by atoms with Gasteiger partial charge in [-0.15, -0.1) is 0 Å². The molecule has 4 heterocycles. The molecule has 11 nitrogen and oxygen atoms in total. The molecule has 1 amide bonds. The molecule has 0 unspecified atom stereocenters. The van der Waals surface area contributed by atoms with Crippen LogP contribution < -0.4 is 0 Å². The minimum atomic E-state index is -3.85. The molecular formula is C18H20Cl3N5O6S4. The Morgan fingerprint density at radius 2 is 1.53 bits per heavy atom. The van der Waals surface area contributed by atoms with E-state index >= 15 is 0 Å². The van der Waals surface area contributed by atoms with Gasteiger partial charge in [0.25, 0.3) is 19.1 Å². The molecule has 0 bridgehead atoms. The number of halogens is 3. The summed E-state index contributed by atoms with van der Waals surface area (Å²) in [7, 11) is -2.46. The number of nitrogens with zero attached hydrogens (tertiary/aromatic N) is 5. The van der Waals surface area contributed by atoms with E-state index in [0.717, 1.165) is 26.8 Å². The third kappa shape index (κ3) is 6.68. The smallest absolute Gasteiger partial charge is 0.410 e. The van der Waals surface area contributed by atoms with Crippen molar-refractivity contribution in [3.8, 4) is 0 Å². The SMILES string of the molecule is Cc1nc(Cl)sc1S(=O)(=O)Cl.Cc1nc(Cl)sc1S(=O)(=O)n1cc2c(n1)CN(C(=O)OC(C)(C)C)C2. The molecule has 4 rings (SSSR count). The topological polar surface area (TPSA) is 141 Å². The van der Waals surface area contributed by atoms with E-state index in [9.17, 15) is 21.6 Å². The number of ether oxygens (including phenoxy) is 1. The number of thiazole rings is 2. The predicted molar refractivity (Wildman–Crippen MR) is 137 cm³/mol. The van der Waals surface area contributed by atoms with Crippen LogP contribution in [-0.4, -0.2) is 52.6 Å². The van der Waals surface area contributed by atoms with Crippen LogP contribution in [0.4, 0.5) is 4.79 Å². The monoisotopic (exact) mass is 635 g/mol. The highest BCUT2D eigenvalue weighted by Gasteiger charge is 2.33. The van der Waals surface area contributed by atoms with E-state index in [1.807, 2.05) is 0 Å². The van der Waals surface area contributed by atoms with Crippen LogP contribution in [0.5, 0.6) is 0 Å². The Morgan fingerprint density at radius 3 is 1.92 bits per heavy atom. The number of hydrogen-bond donors (Lipinski definition) is 0. The highest BCUT2D eigenvalue weighted by molar-refractivity contribution is 8.15. The molecule has 0 saturated carbocycles. The fourth-order valence-electron chi connectivity index (χ4n) is 2.96. The second kappa shape index (κ2) is 10.3. The van der Waals surface area contributed by atoms with E-state index < -0.39 is 30.8 Å². The zero-order chi connectivity index (χ0) is 27.2. The second-order valence-electron chi connectivity index (χ2n) is 8.43. The van der Waals surface area contributed by atoms with Crippen molar-refractivity contribution in [2.75, 3.05) is 0 Å². The summed E-state index contributed by atoms with van der Waals surface area (Å²) in [6.07, 6.45) is 0.965. The number of carbonyl (C=O) groups is 1. The summed E-state index contributed by atoms with van der Waals surface area (Å²) in [4.78, 5) is 21.2. The summed E-state index contributed by atoms with van der Waals surface area (Å²) in [6, 6.07) is 0. The van der Waals surface area contributed by atoms with E-state index in [4.69, 9.17) is 38.6 Å². The van der Waals surface area contributed by atoms with Gasteiger partial charge < -0.3 is 4.74 Å². The van der Waals surface area contributed by atoms with Crippen molar-refractivity contribution in [2.45, 2.75) is 61.7 Å². The first-order chi connectivity index (χ1) is 16.4. The molecular weight excluding hydrogens is 617 g/mol. The van der Waals surface area contributed by atoms with E-state index in [-0.39, 0.29) is 30.4 Å². The molecule has 3 aromatic heterocycles. The van der Waals surface area contributed by atoms with Gasteiger partial charge in [0, 0.05) is 22.4 Å². The molecule has 18 heteroatoms. The summed E-state index contributed by atoms with van der Waals surface area (Å²) >= 11 is 13.0. The molecule has 36 heavy (non-hydrogen) atoms. The summed E-state index contributed by atoms with van der Waals surface area (Å²) in [5.41, 5.74) is 1.28. The largest absolute Gasteiger partial charge is 0.444 e. The quantitative estimate of drug-likeness (QED) is 0.370. The lowest BCUT2D eigenvalue weighted by Gasteiger charge is -2.24. The van der Waals surface area contributed by atoms with Crippen LogP contribution in [0.2, 0.25) is 8.93 Å². The van der Waals surface area contributed by atoms with Crippen LogP contribution in [0.15, 0.2) is 14.6 Å². The first-order valence-electron chi connectivity index (χ1n) is 9.90. The Morgan fingerprint density at radius 1 is 1.00 bits per heavy atom. The van der Waals surface area contributed by atoms with Crippen molar-refractivity contribution >= 4 is 81.7 Å². The molecule has 0 atom stereocenters. The lowest BCUT2D eigenvalue weighted by molar-refractivity contribution is 0.0239. The highest BCUT2D eigenvalue weighted by atomic mass is 35.7. The minimum Gasteiger partial charge on any atom is -0.444 e. The molecule has 0 aromatic carbocycles. The van der Waals surface area contributed by atoms with Crippen molar-refractivity contribution < 1.29 is 26.4 Å². The lowest BCUT2D eigenvalue weighted by Crippen LogP contribution is -2.33. The van der Waals surface area contributed by atoms with Crippen LogP contribution in [0, 0.1) is 13.8 Å². The predicted octanol–water partition coefficient (Wildman–Crippen LogP) is 4.82. The standard InChI is InChI=1S/C14H17ClN4O4S2.C4H3Cl2NO2S2/c1-8-11(24-12(15)16-8)25(21,22)19-6-9-5-18(7-10(9)17-19)13(20)23-14(2,3)4;1-2-3(11(6,8)9)10-4(5)7-2/h6H,5,7H2,1-4H3;1H3. The van der Waals surface area contributed by atoms with Gasteiger partial charge in [-0.25, -0.2) is 23.2 Å². The van der Waals surface area contributed by atoms with E-state index in [2.05, 4.69) is 15.1 Å². The number of carbonyl (C=O) groups excluding carboxylic acids is 1. The molecule has 0 aliphatic carbocycles. The number of fused-ring (bicyclic) bond motifs is 1. The zero-order valence-corrected chi connectivity index (χ0v) is 25.0. The van der Waals surface area contributed by atoms with Gasteiger partial charge in [-0.1, -0.05) is 45.9 Å². The molecule has 0 radical (unpaired) electrons. The van der Waals surface area contributed by atoms with Crippen LogP contribution in [0.25, 0.3) is 0 Å². The fourth-order valence-corrected chi connectivity index (χ4v) is 8.61. The maximum Gasteiger partial charge on any atom is 0.410 e. The van der Waals surface area contributed by atoms with Gasteiger partial charge in [0.05, 0.1) is 30.2 Å². The normalized spacial score (nSPS) is 13.8. The molecule has 1 aliphatic heterocycles. The third-order valence-electron chi connectivity index (χ3n) is 4.37. The van der Waals surface area contributed by atoms with Crippen molar-refractivity contribution in [1.82, 2.24) is 24.1 Å². The van der Waals surface area contributed by atoms with Gasteiger partial charge in [-0.2, -0.15) is 17.6 Å². The summed E-state index contributed by atoms with van der Waals surface area (Å²) in [6.45, 7) is 8.94. The van der Waals surface area contributed by atoms with Crippen LogP contribution in [-0.2, 0) is 36.9 Å². The molecule has 198 valence electrons. The first kappa shape index (κ1) is 29.1. The molecule has 0 N–H and O–H groups in total. The molecule has 1 aliphatic rings. The van der Waals surface area contributed by atoms with Gasteiger partial charge >= 0.3 is 6.09 Å². The lowest BCUT2D eigenvalue weighted by atomic mass is 10.2. The number of hydrogen-bond acceptors (Lipinski definition) is 11. The Bertz CT molecular complexity index is 1500. The first-order valence-corrected chi connectivity index (χ1v) is 16.0. The average Bonchev–Trinajstić information content (AvgIpc) is 3.43. The third-order valence-corrected chi connectivity index (χ3v) is 11.2. The van der Waals surface area contributed by atoms with Crippen molar-refractivity contribution in [2.24, 2.45) is 0 Å². The molecule has 3 aromatic rings. The summed E-state index contributed by atoms with van der Waals surface area (Å²) < 4.78 is 53.5. The Kier molecular flexibility index (Phi) is 8.35. The highest BCUT2D eigenvalue weighted by Crippen LogP contribution is 2.31. The van der Waals surface area contributed by atoms with E-state index in [1.54, 1.807) is 27.7 Å². The van der Waals surface area contributed by atoms with E-state index in [0.29, 0.717) is 22.6 Å². The minimum absolute atomic E-state index is 0.0177. The Hall–Kier alpha value is -1.49. The number of aromatic nitrogens is 4. The molecule has 0 saturated heterocycles. The Labute approximate surface area is 230 Å². The van der Waals surface area contributed by atoms with Crippen LogP contribution in [0.1, 0.15) is 43.4 Å². The molecule has 0 spiro atoms. The van der Waals surface area contributed by atoms with Crippen molar-refractivity contribution in [1.29, 1.82) is 0 Å². The number of aryl methyl sites for hydroxylation is 2. The summed E-state index contributed by atoms with van der Waals surface area (Å²) in [5, 5.41) is 4.13. The maximum absolute atomic E-state index is 12.7. The summed E-state index contributed by atoms with van der Waals surface area (Å²) in [5.74, 6) is 0. The second-order valence-corrected chi connectivity index (χ2v) is 16.3. The average molecular weight is 637 g/mol. The number of amides is 1. The van der Waals surface area contributed by atoms with Crippen LogP contribution in [0.3, 0.4) is 0 Å². The van der Waals surface area contributed by atoms with Gasteiger partial charge in [0.1, 0.15) is 5.60 Å². The van der Waals surface area contributed by atoms with Gasteiger partial charge in [0.2, 0.25) is 0 Å². The fraction of sp³-hybridized carbons (Fsp3) is 0.444. The number of rotatable bonds is 3. The van der Waals surface area contributed by atoms with Crippen molar-refractivity contribution in [3.05, 3.63) is 37.8 Å². The van der Waals surface area contributed by atoms with Gasteiger partial charge in [-0.05, 0) is 34.6 Å².